The molecule has 1 aliphatic carbocycles. The summed E-state index contributed by atoms with van der Waals surface area (Å²) in [6.07, 6.45) is -1.49. The van der Waals surface area contributed by atoms with Crippen LogP contribution in [0.25, 0.3) is 0 Å². The Bertz CT molecular complexity index is 638. The van der Waals surface area contributed by atoms with Crippen LogP contribution in [0.2, 0.25) is 0 Å². The Kier molecular flexibility index (Phi) is 3.55. The first kappa shape index (κ1) is 17.3. The second-order valence-electron chi connectivity index (χ2n) is 6.91. The first-order chi connectivity index (χ1) is 10.4. The van der Waals surface area contributed by atoms with Crippen molar-refractivity contribution in [2.24, 2.45) is 5.41 Å². The zero-order valence-corrected chi connectivity index (χ0v) is 14.9. The molecule has 23 heavy (non-hydrogen) atoms. The van der Waals surface area contributed by atoms with Gasteiger partial charge in [0.25, 0.3) is 0 Å². The molecule has 7 nitrogen and oxygen atoms in total. The third kappa shape index (κ3) is 1.62. The smallest absolute Gasteiger partial charge is 0.429 e. The number of rotatable bonds is 0. The van der Waals surface area contributed by atoms with Gasteiger partial charge >= 0.3 is 12.2 Å². The van der Waals surface area contributed by atoms with Crippen molar-refractivity contribution in [3.63, 3.8) is 0 Å². The molecule has 0 N–H and O–H groups in total. The van der Waals surface area contributed by atoms with Crippen LogP contribution in [0.1, 0.15) is 41.5 Å². The molecule has 7 heteroatoms. The van der Waals surface area contributed by atoms with E-state index in [-0.39, 0.29) is 5.78 Å². The molecule has 2 aliphatic heterocycles. The molecule has 3 rings (SSSR count). The Balaban J connectivity index is 2.91. The number of nitrogens with zero attached hydrogens (tertiary/aromatic N) is 2. The van der Waals surface area contributed by atoms with E-state index < -0.39 is 28.7 Å². The van der Waals surface area contributed by atoms with E-state index >= 15 is 0 Å². The predicted octanol–water partition coefficient (Wildman–Crippen LogP) is 2.51. The van der Waals surface area contributed by atoms with Crippen LogP contribution in [-0.2, 0) is 14.3 Å². The molecule has 2 bridgehead atoms. The Hall–Kier alpha value is -2.05. The van der Waals surface area contributed by atoms with Gasteiger partial charge in [0.15, 0.2) is 5.78 Å². The summed E-state index contributed by atoms with van der Waals surface area (Å²) >= 11 is 0. The number of carbonyl (C=O) groups excluding carboxylic acids is 3. The number of carbonyl (C=O) groups is 3. The molecule has 3 aliphatic rings. The molecule has 2 amide bonds. The lowest BCUT2D eigenvalue weighted by Crippen LogP contribution is -2.83. The van der Waals surface area contributed by atoms with Crippen molar-refractivity contribution in [2.45, 2.75) is 52.6 Å². The normalized spacial score (nSPS) is 32.3. The molecule has 0 spiro atoms. The van der Waals surface area contributed by atoms with Crippen LogP contribution in [-0.4, -0.2) is 53.3 Å². The van der Waals surface area contributed by atoms with Crippen molar-refractivity contribution in [1.29, 1.82) is 0 Å². The third-order valence-electron chi connectivity index (χ3n) is 5.99. The minimum absolute atomic E-state index is 0.138. The van der Waals surface area contributed by atoms with Crippen molar-refractivity contribution in [2.75, 3.05) is 14.2 Å². The van der Waals surface area contributed by atoms with Crippen molar-refractivity contribution in [1.82, 2.24) is 10.0 Å². The Morgan fingerprint density at radius 2 is 1.30 bits per heavy atom. The van der Waals surface area contributed by atoms with Crippen LogP contribution in [0.3, 0.4) is 0 Å². The number of fused-ring (bicyclic) bond motifs is 2. The summed E-state index contributed by atoms with van der Waals surface area (Å²) < 4.78 is 9.73. The SMILES string of the molecule is COC(=O)N1N(C(=O)OC)[C@]2(C)C(C)=C(C)[C@]1(C)C(=O)C2(C)C. The summed E-state index contributed by atoms with van der Waals surface area (Å²) in [4.78, 5) is 38.1. The van der Waals surface area contributed by atoms with Crippen molar-refractivity contribution < 1.29 is 23.9 Å². The van der Waals surface area contributed by atoms with E-state index in [1.165, 1.54) is 19.2 Å². The van der Waals surface area contributed by atoms with Gasteiger partial charge in [-0.15, -0.1) is 0 Å². The average molecular weight is 324 g/mol. The zero-order chi connectivity index (χ0) is 18.0. The molecule has 0 radical (unpaired) electrons. The maximum absolute atomic E-state index is 13.2. The molecule has 1 fully saturated rings. The van der Waals surface area contributed by atoms with E-state index in [2.05, 4.69) is 0 Å². The van der Waals surface area contributed by atoms with Crippen molar-refractivity contribution in [3.8, 4) is 0 Å². The highest BCUT2D eigenvalue weighted by Gasteiger charge is 2.72. The summed E-state index contributed by atoms with van der Waals surface area (Å²) in [6.45, 7) is 10.7. The molecule has 128 valence electrons. The highest BCUT2D eigenvalue weighted by Crippen LogP contribution is 2.58. The van der Waals surface area contributed by atoms with E-state index in [9.17, 15) is 14.4 Å². The lowest BCUT2D eigenvalue weighted by Gasteiger charge is -2.67. The number of Topliss-reactive ketones (excluding diaryl/α,β-unsaturated/α-hetero) is 1. The third-order valence-corrected chi connectivity index (χ3v) is 5.99. The van der Waals surface area contributed by atoms with E-state index in [1.807, 2.05) is 13.8 Å². The Labute approximate surface area is 136 Å². The number of ketones is 1. The van der Waals surface area contributed by atoms with Crippen LogP contribution < -0.4 is 0 Å². The number of amides is 2. The minimum Gasteiger partial charge on any atom is -0.451 e. The molecule has 0 aromatic rings. The summed E-state index contributed by atoms with van der Waals surface area (Å²) in [7, 11) is 2.46. The first-order valence-corrected chi connectivity index (χ1v) is 7.43. The molecule has 1 saturated heterocycles. The average Bonchev–Trinajstić information content (AvgIpc) is 2.52. The lowest BCUT2D eigenvalue weighted by molar-refractivity contribution is -0.197. The fourth-order valence-corrected chi connectivity index (χ4v) is 3.98. The van der Waals surface area contributed by atoms with E-state index in [0.29, 0.717) is 0 Å². The largest absolute Gasteiger partial charge is 0.451 e. The van der Waals surface area contributed by atoms with Gasteiger partial charge in [0.05, 0.1) is 25.2 Å². The van der Waals surface area contributed by atoms with Gasteiger partial charge in [-0.2, -0.15) is 5.01 Å². The van der Waals surface area contributed by atoms with Gasteiger partial charge < -0.3 is 9.47 Å². The quantitative estimate of drug-likeness (QED) is 0.640. The van der Waals surface area contributed by atoms with Gasteiger partial charge in [0, 0.05) is 0 Å². The summed E-state index contributed by atoms with van der Waals surface area (Å²) in [5, 5.41) is 2.32. The van der Waals surface area contributed by atoms with Crippen molar-refractivity contribution in [3.05, 3.63) is 11.1 Å². The van der Waals surface area contributed by atoms with Crippen LogP contribution in [0.15, 0.2) is 11.1 Å². The fraction of sp³-hybridized carbons (Fsp3) is 0.688. The van der Waals surface area contributed by atoms with Gasteiger partial charge in [0.2, 0.25) is 0 Å². The van der Waals surface area contributed by atoms with E-state index in [0.717, 1.165) is 16.2 Å². The number of methoxy groups -OCH3 is 2. The fourth-order valence-electron chi connectivity index (χ4n) is 3.98. The second kappa shape index (κ2) is 4.72. The van der Waals surface area contributed by atoms with Gasteiger partial charge in [-0.25, -0.2) is 14.6 Å². The molecule has 0 aromatic heterocycles. The number of hydrogen-bond donors (Lipinski definition) is 0. The molecular weight excluding hydrogens is 300 g/mol. The van der Waals surface area contributed by atoms with E-state index in [1.54, 1.807) is 27.7 Å². The topological polar surface area (TPSA) is 76.2 Å². The highest BCUT2D eigenvalue weighted by atomic mass is 16.6. The number of hydrazine groups is 1. The molecular formula is C16H24N2O5. The van der Waals surface area contributed by atoms with Crippen LogP contribution in [0, 0.1) is 5.41 Å². The summed E-state index contributed by atoms with van der Waals surface area (Å²) in [5.74, 6) is -0.138. The minimum atomic E-state index is -1.30. The maximum atomic E-state index is 13.2. The number of hydrogen-bond acceptors (Lipinski definition) is 5. The first-order valence-electron chi connectivity index (χ1n) is 7.43. The number of ether oxygens (including phenoxy) is 2. The van der Waals surface area contributed by atoms with Gasteiger partial charge in [-0.3, -0.25) is 4.79 Å². The summed E-state index contributed by atoms with van der Waals surface area (Å²) in [5.41, 5.74) is -1.62. The monoisotopic (exact) mass is 324 g/mol. The predicted molar refractivity (Wildman–Crippen MR) is 82.5 cm³/mol. The van der Waals surface area contributed by atoms with Gasteiger partial charge in [-0.05, 0) is 38.8 Å². The van der Waals surface area contributed by atoms with Crippen LogP contribution in [0.5, 0.6) is 0 Å². The zero-order valence-electron chi connectivity index (χ0n) is 14.9. The Morgan fingerprint density at radius 3 is 1.74 bits per heavy atom. The molecule has 0 aromatic carbocycles. The molecule has 2 atom stereocenters. The maximum Gasteiger partial charge on any atom is 0.429 e. The lowest BCUT2D eigenvalue weighted by atomic mass is 9.53. The summed E-state index contributed by atoms with van der Waals surface area (Å²) in [6, 6.07) is 0. The van der Waals surface area contributed by atoms with Crippen molar-refractivity contribution >= 4 is 18.0 Å². The van der Waals surface area contributed by atoms with Crippen LogP contribution >= 0.6 is 0 Å². The Morgan fingerprint density at radius 1 is 0.870 bits per heavy atom. The standard InChI is InChI=1S/C16H24N2O5/c1-9-10(2)16(6)14(3,4)11(19)15(9,5)17(12(20)22-7)18(16)13(21)23-8/h1-8H3/t15-,16-/m1/s1. The molecule has 0 unspecified atom stereocenters. The van der Waals surface area contributed by atoms with Crippen LogP contribution in [0.4, 0.5) is 9.59 Å². The molecule has 0 saturated carbocycles. The van der Waals surface area contributed by atoms with Gasteiger partial charge in [-0.1, -0.05) is 13.8 Å². The molecule has 2 heterocycles. The second-order valence-corrected chi connectivity index (χ2v) is 6.91. The van der Waals surface area contributed by atoms with E-state index in [4.69, 9.17) is 9.47 Å². The van der Waals surface area contributed by atoms with Gasteiger partial charge in [0.1, 0.15) is 5.54 Å². The highest BCUT2D eigenvalue weighted by molar-refractivity contribution is 6.04.